The molecule has 9 heteroatoms. The van der Waals surface area contributed by atoms with Crippen molar-refractivity contribution in [3.05, 3.63) is 29.0 Å². The molecule has 0 saturated heterocycles. The van der Waals surface area contributed by atoms with E-state index in [-0.39, 0.29) is 22.6 Å². The number of alkyl halides is 3. The molecular formula is C15H15F3N4O2. The van der Waals surface area contributed by atoms with Gasteiger partial charge in [0.05, 0.1) is 5.56 Å². The summed E-state index contributed by atoms with van der Waals surface area (Å²) in [5, 5.41) is 2.19. The van der Waals surface area contributed by atoms with Crippen molar-refractivity contribution in [2.75, 3.05) is 12.4 Å². The summed E-state index contributed by atoms with van der Waals surface area (Å²) in [6, 6.07) is 1.40. The van der Waals surface area contributed by atoms with Crippen LogP contribution in [0.3, 0.4) is 0 Å². The van der Waals surface area contributed by atoms with Crippen molar-refractivity contribution >= 4 is 23.3 Å². The number of aromatic nitrogens is 1. The first-order chi connectivity index (χ1) is 11.3. The van der Waals surface area contributed by atoms with Gasteiger partial charge in [-0.05, 0) is 30.9 Å². The lowest BCUT2D eigenvalue weighted by Crippen LogP contribution is -2.35. The van der Waals surface area contributed by atoms with E-state index in [1.807, 2.05) is 0 Å². The largest absolute Gasteiger partial charge is 0.431 e. The SMILES string of the molecule is CN=C1CCC/C1=C(/N)c1ccnc2c1C(C(F)(F)F)OC(=O)N2. The molecule has 1 aromatic rings. The molecule has 2 heterocycles. The Labute approximate surface area is 135 Å². The van der Waals surface area contributed by atoms with Crippen molar-refractivity contribution < 1.29 is 22.7 Å². The Bertz CT molecular complexity index is 756. The standard InChI is InChI=1S/C15H15F3N4O2/c1-20-9-4-2-3-7(9)11(19)8-5-6-21-13-10(8)12(15(16,17)18)24-14(23)22-13/h5-6,12H,2-4,19H2,1H3,(H,21,22,23)/b11-7-,20-9?. The van der Waals surface area contributed by atoms with Crippen LogP contribution >= 0.6 is 0 Å². The molecular weight excluding hydrogens is 325 g/mol. The number of nitrogens with one attached hydrogen (secondary N) is 1. The molecule has 3 N–H and O–H groups in total. The van der Waals surface area contributed by atoms with Gasteiger partial charge in [-0.2, -0.15) is 13.2 Å². The van der Waals surface area contributed by atoms with Crippen molar-refractivity contribution in [1.82, 2.24) is 4.98 Å². The zero-order valence-corrected chi connectivity index (χ0v) is 12.8. The molecule has 2 aliphatic rings. The van der Waals surface area contributed by atoms with Crippen molar-refractivity contribution in [1.29, 1.82) is 0 Å². The van der Waals surface area contributed by atoms with Crippen LogP contribution in [0.25, 0.3) is 5.70 Å². The van der Waals surface area contributed by atoms with Crippen LogP contribution in [0, 0.1) is 0 Å². The number of halogens is 3. The Morgan fingerprint density at radius 1 is 1.46 bits per heavy atom. The molecule has 0 spiro atoms. The van der Waals surface area contributed by atoms with Crippen LogP contribution in [-0.2, 0) is 4.74 Å². The van der Waals surface area contributed by atoms with Gasteiger partial charge >= 0.3 is 12.3 Å². The number of cyclic esters (lactones) is 1. The van der Waals surface area contributed by atoms with Gasteiger partial charge in [0.2, 0.25) is 6.10 Å². The maximum atomic E-state index is 13.3. The van der Waals surface area contributed by atoms with E-state index in [9.17, 15) is 18.0 Å². The van der Waals surface area contributed by atoms with E-state index in [1.165, 1.54) is 12.3 Å². The number of ether oxygens (including phenoxy) is 1. The van der Waals surface area contributed by atoms with E-state index in [0.717, 1.165) is 24.1 Å². The van der Waals surface area contributed by atoms with E-state index < -0.39 is 18.4 Å². The number of fused-ring (bicyclic) bond motifs is 1. The molecule has 128 valence electrons. The third-order valence-electron chi connectivity index (χ3n) is 4.07. The molecule has 1 aliphatic carbocycles. The number of hydrogen-bond acceptors (Lipinski definition) is 5. The predicted molar refractivity (Wildman–Crippen MR) is 81.5 cm³/mol. The molecule has 0 aromatic carbocycles. The van der Waals surface area contributed by atoms with Gasteiger partial charge in [-0.15, -0.1) is 0 Å². The molecule has 6 nitrogen and oxygen atoms in total. The molecule has 0 radical (unpaired) electrons. The minimum absolute atomic E-state index is 0.153. The Hall–Kier alpha value is -2.58. The van der Waals surface area contributed by atoms with Gasteiger partial charge in [0.1, 0.15) is 5.82 Å². The topological polar surface area (TPSA) is 89.6 Å². The smallest absolute Gasteiger partial charge is 0.430 e. The summed E-state index contributed by atoms with van der Waals surface area (Å²) >= 11 is 0. The Balaban J connectivity index is 2.20. The van der Waals surface area contributed by atoms with E-state index in [2.05, 4.69) is 20.0 Å². The minimum Gasteiger partial charge on any atom is -0.431 e. The summed E-state index contributed by atoms with van der Waals surface area (Å²) in [5.74, 6) is -0.192. The van der Waals surface area contributed by atoms with E-state index in [4.69, 9.17) is 5.73 Å². The molecule has 24 heavy (non-hydrogen) atoms. The number of aliphatic imine (C=N–C) groups is 1. The normalized spacial score (nSPS) is 24.4. The van der Waals surface area contributed by atoms with Gasteiger partial charge in [0, 0.05) is 30.2 Å². The molecule has 1 aliphatic heterocycles. The number of pyridine rings is 1. The number of nitrogens with zero attached hydrogens (tertiary/aromatic N) is 2. The molecule has 1 saturated carbocycles. The highest BCUT2D eigenvalue weighted by atomic mass is 19.4. The number of amides is 1. The summed E-state index contributed by atoms with van der Waals surface area (Å²) < 4.78 is 44.5. The zero-order valence-electron chi connectivity index (χ0n) is 12.8. The van der Waals surface area contributed by atoms with Crippen molar-refractivity contribution in [3.63, 3.8) is 0 Å². The number of nitrogens with two attached hydrogens (primary N) is 1. The lowest BCUT2D eigenvalue weighted by atomic mass is 9.96. The van der Waals surface area contributed by atoms with Crippen LogP contribution < -0.4 is 11.1 Å². The van der Waals surface area contributed by atoms with Gasteiger partial charge < -0.3 is 10.5 Å². The highest BCUT2D eigenvalue weighted by Gasteiger charge is 2.49. The van der Waals surface area contributed by atoms with Gasteiger partial charge in [0.25, 0.3) is 0 Å². The molecule has 1 aromatic heterocycles. The fourth-order valence-electron chi connectivity index (χ4n) is 3.02. The summed E-state index contributed by atoms with van der Waals surface area (Å²) in [6.45, 7) is 0. The Morgan fingerprint density at radius 3 is 2.88 bits per heavy atom. The molecule has 3 rings (SSSR count). The summed E-state index contributed by atoms with van der Waals surface area (Å²) in [4.78, 5) is 19.4. The van der Waals surface area contributed by atoms with Crippen LogP contribution in [0.4, 0.5) is 23.8 Å². The van der Waals surface area contributed by atoms with Crippen LogP contribution in [0.5, 0.6) is 0 Å². The third-order valence-corrected chi connectivity index (χ3v) is 4.07. The monoisotopic (exact) mass is 340 g/mol. The number of anilines is 1. The number of allylic oxidation sites excluding steroid dienone is 1. The first-order valence-electron chi connectivity index (χ1n) is 7.31. The van der Waals surface area contributed by atoms with Gasteiger partial charge in [-0.25, -0.2) is 9.78 Å². The second-order valence-electron chi connectivity index (χ2n) is 5.49. The first kappa shape index (κ1) is 16.3. The van der Waals surface area contributed by atoms with Crippen LogP contribution in [0.2, 0.25) is 0 Å². The van der Waals surface area contributed by atoms with Crippen molar-refractivity contribution in [2.45, 2.75) is 31.5 Å². The first-order valence-corrected chi connectivity index (χ1v) is 7.31. The second kappa shape index (κ2) is 5.81. The highest BCUT2D eigenvalue weighted by molar-refractivity contribution is 6.08. The predicted octanol–water partition coefficient (Wildman–Crippen LogP) is 3.17. The second-order valence-corrected chi connectivity index (χ2v) is 5.49. The lowest BCUT2D eigenvalue weighted by molar-refractivity contribution is -0.206. The average Bonchev–Trinajstić information content (AvgIpc) is 3.00. The summed E-state index contributed by atoms with van der Waals surface area (Å²) in [7, 11) is 1.62. The summed E-state index contributed by atoms with van der Waals surface area (Å²) in [5.41, 5.74) is 7.75. The molecule has 1 unspecified atom stereocenters. The molecule has 1 atom stereocenters. The minimum atomic E-state index is -4.77. The lowest BCUT2D eigenvalue weighted by Gasteiger charge is -2.29. The zero-order chi connectivity index (χ0) is 17.5. The number of carbonyl (C=O) groups is 1. The molecule has 1 fully saturated rings. The fourth-order valence-corrected chi connectivity index (χ4v) is 3.02. The fraction of sp³-hybridized carbons (Fsp3) is 0.400. The molecule has 1 amide bonds. The van der Waals surface area contributed by atoms with Crippen LogP contribution in [0.15, 0.2) is 22.8 Å². The third kappa shape index (κ3) is 2.70. The molecule has 0 bridgehead atoms. The number of carbonyl (C=O) groups excluding carboxylic acids is 1. The van der Waals surface area contributed by atoms with Crippen LogP contribution in [0.1, 0.15) is 36.5 Å². The number of hydrogen-bond donors (Lipinski definition) is 2. The Morgan fingerprint density at radius 2 is 2.21 bits per heavy atom. The van der Waals surface area contributed by atoms with E-state index >= 15 is 0 Å². The van der Waals surface area contributed by atoms with Gasteiger partial charge in [-0.3, -0.25) is 10.3 Å². The summed E-state index contributed by atoms with van der Waals surface area (Å²) in [6.07, 6.45) is -4.86. The van der Waals surface area contributed by atoms with Gasteiger partial charge in [-0.1, -0.05) is 0 Å². The average molecular weight is 340 g/mol. The van der Waals surface area contributed by atoms with Crippen molar-refractivity contribution in [2.24, 2.45) is 10.7 Å². The van der Waals surface area contributed by atoms with E-state index in [0.29, 0.717) is 6.42 Å². The van der Waals surface area contributed by atoms with Crippen molar-refractivity contribution in [3.8, 4) is 0 Å². The Kier molecular flexibility index (Phi) is 3.94. The quantitative estimate of drug-likeness (QED) is 0.822. The number of rotatable bonds is 1. The maximum Gasteiger partial charge on any atom is 0.430 e. The maximum absolute atomic E-state index is 13.3. The highest BCUT2D eigenvalue weighted by Crippen LogP contribution is 2.44. The van der Waals surface area contributed by atoms with Gasteiger partial charge in [0.15, 0.2) is 0 Å². The van der Waals surface area contributed by atoms with E-state index in [1.54, 1.807) is 7.05 Å². The van der Waals surface area contributed by atoms with Crippen LogP contribution in [-0.4, -0.2) is 30.0 Å².